The average molecular weight is 281 g/mol. The molecule has 0 bridgehead atoms. The van der Waals surface area contributed by atoms with Gasteiger partial charge >= 0.3 is 0 Å². The van der Waals surface area contributed by atoms with Crippen LogP contribution in [0.4, 0.5) is 5.69 Å². The summed E-state index contributed by atoms with van der Waals surface area (Å²) in [4.78, 5) is 16.0. The molecule has 0 radical (unpaired) electrons. The highest BCUT2D eigenvalue weighted by Gasteiger charge is 2.09. The van der Waals surface area contributed by atoms with Gasteiger partial charge in [-0.15, -0.1) is 0 Å². The molecule has 0 saturated heterocycles. The number of nitrogens with zero attached hydrogens (tertiary/aromatic N) is 1. The zero-order valence-electron chi connectivity index (χ0n) is 9.58. The number of hydrogen-bond acceptors (Lipinski definition) is 2. The minimum Gasteiger partial charge on any atom is -0.321 e. The predicted octanol–water partition coefficient (Wildman–Crippen LogP) is 3.95. The van der Waals surface area contributed by atoms with Crippen LogP contribution < -0.4 is 5.32 Å². The van der Waals surface area contributed by atoms with E-state index in [4.69, 9.17) is 23.2 Å². The number of aryl methyl sites for hydroxylation is 1. The molecule has 18 heavy (non-hydrogen) atoms. The van der Waals surface area contributed by atoms with Crippen LogP contribution in [-0.4, -0.2) is 10.9 Å². The van der Waals surface area contributed by atoms with Crippen molar-refractivity contribution in [3.05, 3.63) is 57.8 Å². The van der Waals surface area contributed by atoms with E-state index in [0.29, 0.717) is 21.3 Å². The molecule has 5 heteroatoms. The van der Waals surface area contributed by atoms with Gasteiger partial charge in [-0.3, -0.25) is 9.78 Å². The van der Waals surface area contributed by atoms with E-state index in [0.717, 1.165) is 5.69 Å². The van der Waals surface area contributed by atoms with Gasteiger partial charge in [0.05, 0.1) is 16.3 Å². The fraction of sp³-hybridized carbons (Fsp3) is 0.0769. The number of pyridine rings is 1. The Morgan fingerprint density at radius 2 is 2.00 bits per heavy atom. The van der Waals surface area contributed by atoms with Crippen LogP contribution in [0.2, 0.25) is 10.0 Å². The van der Waals surface area contributed by atoms with E-state index < -0.39 is 0 Å². The Morgan fingerprint density at radius 1 is 1.22 bits per heavy atom. The van der Waals surface area contributed by atoms with E-state index in [1.54, 1.807) is 30.3 Å². The van der Waals surface area contributed by atoms with Crippen LogP contribution in [0.25, 0.3) is 0 Å². The zero-order chi connectivity index (χ0) is 13.1. The Bertz CT molecular complexity index is 582. The summed E-state index contributed by atoms with van der Waals surface area (Å²) in [7, 11) is 0. The lowest BCUT2D eigenvalue weighted by atomic mass is 10.2. The number of amides is 1. The number of carbonyl (C=O) groups excluding carboxylic acids is 1. The lowest BCUT2D eigenvalue weighted by Crippen LogP contribution is -2.12. The van der Waals surface area contributed by atoms with E-state index >= 15 is 0 Å². The third-order valence-corrected chi connectivity index (χ3v) is 2.91. The van der Waals surface area contributed by atoms with Crippen molar-refractivity contribution in [3.63, 3.8) is 0 Å². The number of benzene rings is 1. The van der Waals surface area contributed by atoms with Crippen LogP contribution in [0, 0.1) is 6.92 Å². The van der Waals surface area contributed by atoms with Gasteiger partial charge in [0.1, 0.15) is 0 Å². The largest absolute Gasteiger partial charge is 0.321 e. The minimum atomic E-state index is -0.272. The molecule has 92 valence electrons. The molecule has 0 unspecified atom stereocenters. The first-order valence-electron chi connectivity index (χ1n) is 5.25. The Hall–Kier alpha value is -1.58. The van der Waals surface area contributed by atoms with E-state index in [-0.39, 0.29) is 5.91 Å². The van der Waals surface area contributed by atoms with Crippen molar-refractivity contribution >= 4 is 34.8 Å². The fourth-order valence-corrected chi connectivity index (χ4v) is 1.73. The molecule has 3 nitrogen and oxygen atoms in total. The van der Waals surface area contributed by atoms with Crippen LogP contribution in [0.15, 0.2) is 36.5 Å². The Balaban J connectivity index is 2.21. The topological polar surface area (TPSA) is 42.0 Å². The first-order chi connectivity index (χ1) is 8.56. The molecule has 0 atom stereocenters. The second-order valence-corrected chi connectivity index (χ2v) is 4.61. The summed E-state index contributed by atoms with van der Waals surface area (Å²) in [6, 6.07) is 8.37. The maximum Gasteiger partial charge on any atom is 0.257 e. The van der Waals surface area contributed by atoms with Crippen LogP contribution in [0.5, 0.6) is 0 Å². The molecule has 1 amide bonds. The van der Waals surface area contributed by atoms with Crippen LogP contribution >= 0.6 is 23.2 Å². The summed E-state index contributed by atoms with van der Waals surface area (Å²) in [5.74, 6) is -0.272. The van der Waals surface area contributed by atoms with Crippen LogP contribution in [0.1, 0.15) is 16.1 Å². The first kappa shape index (κ1) is 12.9. The summed E-state index contributed by atoms with van der Waals surface area (Å²) in [5.41, 5.74) is 1.80. The highest BCUT2D eigenvalue weighted by Crippen LogP contribution is 2.25. The Morgan fingerprint density at radius 3 is 2.67 bits per heavy atom. The molecule has 0 aliphatic carbocycles. The van der Waals surface area contributed by atoms with Gasteiger partial charge in [0.15, 0.2) is 0 Å². The molecule has 0 aliphatic rings. The summed E-state index contributed by atoms with van der Waals surface area (Å²) >= 11 is 11.8. The summed E-state index contributed by atoms with van der Waals surface area (Å²) in [5, 5.41) is 3.64. The van der Waals surface area contributed by atoms with Gasteiger partial charge in [0, 0.05) is 16.9 Å². The smallest absolute Gasteiger partial charge is 0.257 e. The molecular weight excluding hydrogens is 271 g/mol. The summed E-state index contributed by atoms with van der Waals surface area (Å²) < 4.78 is 0. The predicted molar refractivity (Wildman–Crippen MR) is 73.4 cm³/mol. The SMILES string of the molecule is Cc1ccc(C(=O)Nc2cc(Cl)ccc2Cl)cn1. The fourth-order valence-electron chi connectivity index (χ4n) is 1.39. The van der Waals surface area contributed by atoms with Gasteiger partial charge in [-0.1, -0.05) is 23.2 Å². The number of halogens is 2. The second-order valence-electron chi connectivity index (χ2n) is 3.77. The van der Waals surface area contributed by atoms with Crippen molar-refractivity contribution in [1.29, 1.82) is 0 Å². The lowest BCUT2D eigenvalue weighted by molar-refractivity contribution is 0.102. The molecule has 1 heterocycles. The molecule has 2 aromatic rings. The molecule has 0 saturated carbocycles. The zero-order valence-corrected chi connectivity index (χ0v) is 11.1. The maximum absolute atomic E-state index is 11.9. The number of nitrogens with one attached hydrogen (secondary N) is 1. The third-order valence-electron chi connectivity index (χ3n) is 2.35. The van der Waals surface area contributed by atoms with E-state index in [1.165, 1.54) is 6.20 Å². The molecular formula is C13H10Cl2N2O. The van der Waals surface area contributed by atoms with E-state index in [9.17, 15) is 4.79 Å². The van der Waals surface area contributed by atoms with Gasteiger partial charge in [0.2, 0.25) is 0 Å². The number of rotatable bonds is 2. The monoisotopic (exact) mass is 280 g/mol. The van der Waals surface area contributed by atoms with Crippen molar-refractivity contribution in [2.75, 3.05) is 5.32 Å². The van der Waals surface area contributed by atoms with Gasteiger partial charge in [0.25, 0.3) is 5.91 Å². The van der Waals surface area contributed by atoms with E-state index in [2.05, 4.69) is 10.3 Å². The van der Waals surface area contributed by atoms with Crippen LogP contribution in [0.3, 0.4) is 0 Å². The molecule has 0 spiro atoms. The summed E-state index contributed by atoms with van der Waals surface area (Å²) in [6.45, 7) is 1.86. The molecule has 1 N–H and O–H groups in total. The molecule has 2 rings (SSSR count). The Labute approximate surface area is 115 Å². The van der Waals surface area contributed by atoms with Crippen molar-refractivity contribution in [2.24, 2.45) is 0 Å². The Kier molecular flexibility index (Phi) is 3.84. The number of carbonyl (C=O) groups is 1. The van der Waals surface area contributed by atoms with E-state index in [1.807, 2.05) is 6.92 Å². The highest BCUT2D eigenvalue weighted by atomic mass is 35.5. The quantitative estimate of drug-likeness (QED) is 0.905. The number of hydrogen-bond donors (Lipinski definition) is 1. The second kappa shape index (κ2) is 5.38. The van der Waals surface area contributed by atoms with Gasteiger partial charge in [-0.25, -0.2) is 0 Å². The third kappa shape index (κ3) is 3.00. The van der Waals surface area contributed by atoms with Crippen molar-refractivity contribution in [1.82, 2.24) is 4.98 Å². The molecule has 1 aromatic carbocycles. The first-order valence-corrected chi connectivity index (χ1v) is 6.01. The van der Waals surface area contributed by atoms with Crippen molar-refractivity contribution in [2.45, 2.75) is 6.92 Å². The molecule has 1 aromatic heterocycles. The van der Waals surface area contributed by atoms with Gasteiger partial charge in [-0.2, -0.15) is 0 Å². The van der Waals surface area contributed by atoms with Crippen LogP contribution in [-0.2, 0) is 0 Å². The van der Waals surface area contributed by atoms with Gasteiger partial charge in [-0.05, 0) is 37.3 Å². The lowest BCUT2D eigenvalue weighted by Gasteiger charge is -2.07. The minimum absolute atomic E-state index is 0.272. The number of aromatic nitrogens is 1. The standard InChI is InChI=1S/C13H10Cl2N2O/c1-8-2-3-9(7-16-8)13(18)17-12-6-10(14)4-5-11(12)15/h2-7H,1H3,(H,17,18). The highest BCUT2D eigenvalue weighted by molar-refractivity contribution is 6.35. The average Bonchev–Trinajstić information content (AvgIpc) is 2.34. The van der Waals surface area contributed by atoms with Crippen molar-refractivity contribution in [3.8, 4) is 0 Å². The normalized spacial score (nSPS) is 10.2. The molecule has 0 fully saturated rings. The maximum atomic E-state index is 11.9. The molecule has 0 aliphatic heterocycles. The van der Waals surface area contributed by atoms with Gasteiger partial charge < -0.3 is 5.32 Å². The number of anilines is 1. The summed E-state index contributed by atoms with van der Waals surface area (Å²) in [6.07, 6.45) is 1.52. The van der Waals surface area contributed by atoms with Crippen molar-refractivity contribution < 1.29 is 4.79 Å².